The Bertz CT molecular complexity index is 627. The third-order valence-electron chi connectivity index (χ3n) is 3.62. The molecule has 1 atom stereocenters. The smallest absolute Gasteiger partial charge is 0.338 e. The van der Waals surface area contributed by atoms with E-state index in [1.165, 1.54) is 4.90 Å². The lowest BCUT2D eigenvalue weighted by atomic mass is 9.95. The van der Waals surface area contributed by atoms with Crippen molar-refractivity contribution in [1.29, 1.82) is 0 Å². The van der Waals surface area contributed by atoms with Gasteiger partial charge >= 0.3 is 12.0 Å². The summed E-state index contributed by atoms with van der Waals surface area (Å²) in [6.45, 7) is 3.59. The molecule has 0 saturated heterocycles. The minimum absolute atomic E-state index is 0.119. The third kappa shape index (κ3) is 3.73. The zero-order valence-corrected chi connectivity index (χ0v) is 14.6. The molecule has 0 fully saturated rings. The topological polar surface area (TPSA) is 78.9 Å². The number of aliphatic hydroxyl groups excluding tert-OH is 1. The van der Waals surface area contributed by atoms with Gasteiger partial charge in [-0.25, -0.2) is 9.59 Å². The van der Waals surface area contributed by atoms with Crippen molar-refractivity contribution in [1.82, 2.24) is 10.2 Å². The zero-order valence-electron chi connectivity index (χ0n) is 13.0. The van der Waals surface area contributed by atoms with Crippen LogP contribution in [-0.2, 0) is 9.53 Å². The third-order valence-corrected chi connectivity index (χ3v) is 4.15. The van der Waals surface area contributed by atoms with Gasteiger partial charge in [0.2, 0.25) is 0 Å². The van der Waals surface area contributed by atoms with Gasteiger partial charge in [0.05, 0.1) is 31.4 Å². The Hall–Kier alpha value is -1.86. The zero-order chi connectivity index (χ0) is 17.0. The van der Waals surface area contributed by atoms with Crippen molar-refractivity contribution >= 4 is 27.9 Å². The number of benzene rings is 1. The van der Waals surface area contributed by atoms with Crippen LogP contribution in [0, 0.1) is 0 Å². The van der Waals surface area contributed by atoms with E-state index >= 15 is 0 Å². The van der Waals surface area contributed by atoms with E-state index in [0.717, 1.165) is 10.0 Å². The van der Waals surface area contributed by atoms with Gasteiger partial charge in [0, 0.05) is 10.2 Å². The standard InChI is InChI=1S/C16H19BrN2O4/c1-3-23-15(21)13-10(2)19(8-9-20)16(22)18-14(13)11-4-6-12(17)7-5-11/h4-7,14,20H,3,8-9H2,1-2H3,(H,18,22)/t14-/m1/s1. The number of β-amino-alcohol motifs (C(OH)–C–C–N with tert-alkyl or cyclic N) is 1. The quantitative estimate of drug-likeness (QED) is 0.766. The molecule has 2 amide bonds. The van der Waals surface area contributed by atoms with E-state index in [1.807, 2.05) is 24.3 Å². The molecule has 0 aliphatic carbocycles. The van der Waals surface area contributed by atoms with Crippen LogP contribution in [0.4, 0.5) is 4.79 Å². The summed E-state index contributed by atoms with van der Waals surface area (Å²) < 4.78 is 6.05. The maximum absolute atomic E-state index is 12.4. The molecule has 2 N–H and O–H groups in total. The number of carbonyl (C=O) groups excluding carboxylic acids is 2. The molecular weight excluding hydrogens is 364 g/mol. The molecule has 1 aliphatic rings. The first kappa shape index (κ1) is 17.5. The number of nitrogens with one attached hydrogen (secondary N) is 1. The van der Waals surface area contributed by atoms with Crippen LogP contribution in [0.5, 0.6) is 0 Å². The monoisotopic (exact) mass is 382 g/mol. The number of carbonyl (C=O) groups is 2. The Morgan fingerprint density at radius 2 is 2.04 bits per heavy atom. The predicted octanol–water partition coefficient (Wildman–Crippen LogP) is 2.34. The fourth-order valence-corrected chi connectivity index (χ4v) is 2.79. The first-order chi connectivity index (χ1) is 11.0. The van der Waals surface area contributed by atoms with Crippen molar-refractivity contribution in [2.24, 2.45) is 0 Å². The number of halogens is 1. The Labute approximate surface area is 143 Å². The summed E-state index contributed by atoms with van der Waals surface area (Å²) in [6.07, 6.45) is 0. The van der Waals surface area contributed by atoms with Crippen molar-refractivity contribution in [3.63, 3.8) is 0 Å². The Balaban J connectivity index is 2.48. The fraction of sp³-hybridized carbons (Fsp3) is 0.375. The van der Waals surface area contributed by atoms with Crippen LogP contribution in [-0.4, -0.2) is 41.8 Å². The molecule has 1 aromatic carbocycles. The van der Waals surface area contributed by atoms with E-state index in [4.69, 9.17) is 9.84 Å². The average Bonchev–Trinajstić information content (AvgIpc) is 2.51. The van der Waals surface area contributed by atoms with Crippen LogP contribution in [0.25, 0.3) is 0 Å². The Morgan fingerprint density at radius 1 is 1.39 bits per heavy atom. The van der Waals surface area contributed by atoms with Gasteiger partial charge in [-0.1, -0.05) is 28.1 Å². The minimum Gasteiger partial charge on any atom is -0.463 e. The largest absolute Gasteiger partial charge is 0.463 e. The van der Waals surface area contributed by atoms with Crippen LogP contribution in [0.1, 0.15) is 25.5 Å². The van der Waals surface area contributed by atoms with Crippen LogP contribution in [0.15, 0.2) is 40.0 Å². The number of esters is 1. The van der Waals surface area contributed by atoms with E-state index in [0.29, 0.717) is 11.3 Å². The van der Waals surface area contributed by atoms with E-state index in [1.54, 1.807) is 13.8 Å². The summed E-state index contributed by atoms with van der Waals surface area (Å²) in [5, 5.41) is 11.9. The molecule has 7 heteroatoms. The summed E-state index contributed by atoms with van der Waals surface area (Å²) in [6, 6.07) is 6.44. The SMILES string of the molecule is CCOC(=O)C1=C(C)N(CCO)C(=O)N[C@@H]1c1ccc(Br)cc1. The number of amides is 2. The number of ether oxygens (including phenoxy) is 1. The van der Waals surface area contributed by atoms with Crippen molar-refractivity contribution in [3.8, 4) is 0 Å². The Morgan fingerprint density at radius 3 is 2.61 bits per heavy atom. The van der Waals surface area contributed by atoms with Gasteiger partial charge in [-0.2, -0.15) is 0 Å². The normalized spacial score (nSPS) is 18.0. The number of nitrogens with zero attached hydrogens (tertiary/aromatic N) is 1. The number of urea groups is 1. The molecule has 23 heavy (non-hydrogen) atoms. The highest BCUT2D eigenvalue weighted by molar-refractivity contribution is 9.10. The number of hydrogen-bond donors (Lipinski definition) is 2. The molecule has 2 rings (SSSR count). The summed E-state index contributed by atoms with van der Waals surface area (Å²) in [4.78, 5) is 26.0. The fourth-order valence-electron chi connectivity index (χ4n) is 2.53. The average molecular weight is 383 g/mol. The molecule has 0 unspecified atom stereocenters. The molecule has 0 bridgehead atoms. The van der Waals surface area contributed by atoms with Crippen LogP contribution in [0.2, 0.25) is 0 Å². The van der Waals surface area contributed by atoms with Crippen LogP contribution < -0.4 is 5.32 Å². The molecule has 0 spiro atoms. The van der Waals surface area contributed by atoms with E-state index in [9.17, 15) is 9.59 Å². The summed E-state index contributed by atoms with van der Waals surface area (Å²) >= 11 is 3.37. The number of aliphatic hydroxyl groups is 1. The van der Waals surface area contributed by atoms with Gasteiger partial charge < -0.3 is 15.2 Å². The number of allylic oxidation sites excluding steroid dienone is 1. The molecule has 0 radical (unpaired) electrons. The van der Waals surface area contributed by atoms with Crippen molar-refractivity contribution < 1.29 is 19.4 Å². The molecule has 0 saturated carbocycles. The second-order valence-electron chi connectivity index (χ2n) is 5.03. The molecule has 1 aliphatic heterocycles. The highest BCUT2D eigenvalue weighted by Crippen LogP contribution is 2.31. The van der Waals surface area contributed by atoms with Gasteiger partial charge in [-0.05, 0) is 31.5 Å². The van der Waals surface area contributed by atoms with Crippen LogP contribution in [0.3, 0.4) is 0 Å². The highest BCUT2D eigenvalue weighted by Gasteiger charge is 2.36. The summed E-state index contributed by atoms with van der Waals surface area (Å²) in [5.41, 5.74) is 1.66. The second-order valence-corrected chi connectivity index (χ2v) is 5.94. The van der Waals surface area contributed by atoms with Crippen molar-refractivity contribution in [3.05, 3.63) is 45.6 Å². The lowest BCUT2D eigenvalue weighted by Crippen LogP contribution is -2.48. The van der Waals surface area contributed by atoms with Gasteiger partial charge in [-0.3, -0.25) is 4.90 Å². The van der Waals surface area contributed by atoms with Gasteiger partial charge in [0.1, 0.15) is 0 Å². The lowest BCUT2D eigenvalue weighted by Gasteiger charge is -2.35. The van der Waals surface area contributed by atoms with E-state index in [-0.39, 0.29) is 25.8 Å². The highest BCUT2D eigenvalue weighted by atomic mass is 79.9. The molecule has 1 heterocycles. The number of rotatable bonds is 5. The lowest BCUT2D eigenvalue weighted by molar-refractivity contribution is -0.139. The summed E-state index contributed by atoms with van der Waals surface area (Å²) in [5.74, 6) is -0.471. The molecule has 124 valence electrons. The van der Waals surface area contributed by atoms with E-state index in [2.05, 4.69) is 21.2 Å². The minimum atomic E-state index is -0.579. The van der Waals surface area contributed by atoms with Gasteiger partial charge in [-0.15, -0.1) is 0 Å². The Kier molecular flexibility index (Phi) is 5.79. The van der Waals surface area contributed by atoms with Crippen molar-refractivity contribution in [2.45, 2.75) is 19.9 Å². The number of hydrogen-bond acceptors (Lipinski definition) is 4. The maximum Gasteiger partial charge on any atom is 0.338 e. The first-order valence-electron chi connectivity index (χ1n) is 7.31. The van der Waals surface area contributed by atoms with Crippen LogP contribution >= 0.6 is 15.9 Å². The molecule has 0 aromatic heterocycles. The van der Waals surface area contributed by atoms with E-state index < -0.39 is 12.0 Å². The van der Waals surface area contributed by atoms with Gasteiger partial charge in [0.25, 0.3) is 0 Å². The predicted molar refractivity (Wildman–Crippen MR) is 88.5 cm³/mol. The van der Waals surface area contributed by atoms with Crippen molar-refractivity contribution in [2.75, 3.05) is 19.8 Å². The summed E-state index contributed by atoms with van der Waals surface area (Å²) in [7, 11) is 0. The van der Waals surface area contributed by atoms with Gasteiger partial charge in [0.15, 0.2) is 0 Å². The molecule has 1 aromatic rings. The maximum atomic E-state index is 12.4. The second kappa shape index (κ2) is 7.61. The molecular formula is C16H19BrN2O4. The molecule has 6 nitrogen and oxygen atoms in total. The first-order valence-corrected chi connectivity index (χ1v) is 8.11.